The van der Waals surface area contributed by atoms with Crippen molar-refractivity contribution in [3.8, 4) is 0 Å². The van der Waals surface area contributed by atoms with Crippen LogP contribution in [0.3, 0.4) is 0 Å². The van der Waals surface area contributed by atoms with E-state index in [2.05, 4.69) is 16.1 Å². The van der Waals surface area contributed by atoms with Crippen LogP contribution in [0.2, 0.25) is 10.2 Å². The van der Waals surface area contributed by atoms with E-state index in [0.717, 1.165) is 33.6 Å². The Hall–Kier alpha value is -1.38. The molecule has 0 radical (unpaired) electrons. The molecule has 2 aromatic rings. The molecular weight excluding hydrogens is 267 g/mol. The van der Waals surface area contributed by atoms with Crippen LogP contribution in [0.15, 0.2) is 35.0 Å². The minimum atomic E-state index is 0.440. The quantitative estimate of drug-likeness (QED) is 0.678. The van der Waals surface area contributed by atoms with E-state index in [1.807, 2.05) is 31.2 Å². The number of aromatic nitrogens is 1. The minimum Gasteiger partial charge on any atom is -0.250 e. The first-order valence-electron chi connectivity index (χ1n) is 5.68. The first kappa shape index (κ1) is 11.7. The number of hydrogen-bond acceptors (Lipinski definition) is 2. The fourth-order valence-electron chi connectivity index (χ4n) is 2.11. The summed E-state index contributed by atoms with van der Waals surface area (Å²) in [4.78, 5) is 8.90. The zero-order valence-corrected chi connectivity index (χ0v) is 11.3. The van der Waals surface area contributed by atoms with E-state index in [4.69, 9.17) is 23.2 Å². The van der Waals surface area contributed by atoms with Gasteiger partial charge in [0.05, 0.1) is 5.52 Å². The molecule has 0 atom stereocenters. The van der Waals surface area contributed by atoms with Crippen molar-refractivity contribution >= 4 is 40.2 Å². The summed E-state index contributed by atoms with van der Waals surface area (Å²) in [6.07, 6.45) is 4.92. The van der Waals surface area contributed by atoms with Gasteiger partial charge in [0, 0.05) is 27.7 Å². The van der Waals surface area contributed by atoms with Crippen molar-refractivity contribution in [3.05, 3.63) is 50.7 Å². The van der Waals surface area contributed by atoms with Crippen molar-refractivity contribution in [2.45, 2.75) is 13.3 Å². The van der Waals surface area contributed by atoms with E-state index in [0.29, 0.717) is 10.2 Å². The van der Waals surface area contributed by atoms with E-state index in [-0.39, 0.29) is 0 Å². The predicted octanol–water partition coefficient (Wildman–Crippen LogP) is 3.25. The Labute approximate surface area is 114 Å². The van der Waals surface area contributed by atoms with Gasteiger partial charge in [0.1, 0.15) is 5.36 Å². The van der Waals surface area contributed by atoms with Crippen LogP contribution in [0.25, 0.3) is 17.0 Å². The molecule has 4 heteroatoms. The summed E-state index contributed by atoms with van der Waals surface area (Å²) in [6.45, 7) is 1.97. The van der Waals surface area contributed by atoms with Crippen LogP contribution < -0.4 is 10.6 Å². The maximum atomic E-state index is 6.20. The van der Waals surface area contributed by atoms with Gasteiger partial charge in [-0.15, -0.1) is 0 Å². The smallest absolute Gasteiger partial charge is 0.155 e. The van der Waals surface area contributed by atoms with Crippen molar-refractivity contribution in [2.75, 3.05) is 0 Å². The Morgan fingerprint density at radius 3 is 2.89 bits per heavy atom. The molecular formula is C14H10Cl2N2. The highest BCUT2D eigenvalue weighted by Crippen LogP contribution is 2.17. The number of halogens is 2. The molecule has 18 heavy (non-hydrogen) atoms. The van der Waals surface area contributed by atoms with Crippen molar-refractivity contribution in [1.82, 2.24) is 4.98 Å². The van der Waals surface area contributed by atoms with E-state index in [1.54, 1.807) is 0 Å². The van der Waals surface area contributed by atoms with Gasteiger partial charge < -0.3 is 0 Å². The maximum absolute atomic E-state index is 6.20. The van der Waals surface area contributed by atoms with Gasteiger partial charge in [0.15, 0.2) is 5.15 Å². The highest BCUT2D eigenvalue weighted by Gasteiger charge is 2.09. The minimum absolute atomic E-state index is 0.440. The topological polar surface area (TPSA) is 25.2 Å². The second-order valence-electron chi connectivity index (χ2n) is 4.13. The number of hydrogen-bond donors (Lipinski definition) is 0. The summed E-state index contributed by atoms with van der Waals surface area (Å²) in [7, 11) is 0. The second kappa shape index (κ2) is 4.38. The average Bonchev–Trinajstić information content (AvgIpc) is 2.39. The van der Waals surface area contributed by atoms with Gasteiger partial charge in [-0.1, -0.05) is 35.4 Å². The van der Waals surface area contributed by atoms with E-state index in [1.165, 1.54) is 0 Å². The van der Waals surface area contributed by atoms with Gasteiger partial charge >= 0.3 is 0 Å². The molecule has 1 aromatic heterocycles. The third-order valence-electron chi connectivity index (χ3n) is 3.02. The molecule has 1 aromatic carbocycles. The molecule has 1 aliphatic heterocycles. The van der Waals surface area contributed by atoms with E-state index < -0.39 is 0 Å². The summed E-state index contributed by atoms with van der Waals surface area (Å²) in [6, 6.07) is 5.60. The van der Waals surface area contributed by atoms with Crippen LogP contribution in [-0.2, 0) is 0 Å². The third-order valence-corrected chi connectivity index (χ3v) is 3.52. The summed E-state index contributed by atoms with van der Waals surface area (Å²) >= 11 is 12.2. The Morgan fingerprint density at radius 2 is 2.11 bits per heavy atom. The fourth-order valence-corrected chi connectivity index (χ4v) is 2.52. The van der Waals surface area contributed by atoms with Crippen LogP contribution in [0, 0.1) is 0 Å². The Balaban J connectivity index is 2.52. The average molecular weight is 277 g/mol. The van der Waals surface area contributed by atoms with Crippen LogP contribution >= 0.6 is 23.2 Å². The van der Waals surface area contributed by atoms with Crippen molar-refractivity contribution in [1.29, 1.82) is 0 Å². The molecule has 0 aliphatic carbocycles. The van der Waals surface area contributed by atoms with Crippen LogP contribution in [0.5, 0.6) is 0 Å². The largest absolute Gasteiger partial charge is 0.250 e. The Morgan fingerprint density at radius 1 is 1.28 bits per heavy atom. The zero-order chi connectivity index (χ0) is 12.7. The lowest BCUT2D eigenvalue weighted by molar-refractivity contribution is 1.08. The van der Waals surface area contributed by atoms with E-state index >= 15 is 0 Å². The molecule has 1 aliphatic rings. The fraction of sp³-hybridized carbons (Fsp3) is 0.143. The zero-order valence-electron chi connectivity index (χ0n) is 9.74. The highest BCUT2D eigenvalue weighted by atomic mass is 35.5. The normalized spacial score (nSPS) is 16.3. The number of allylic oxidation sites excluding steroid dienone is 2. The van der Waals surface area contributed by atoms with Crippen LogP contribution in [-0.4, -0.2) is 4.98 Å². The second-order valence-corrected chi connectivity index (χ2v) is 4.92. The van der Waals surface area contributed by atoms with Gasteiger partial charge in [-0.2, -0.15) is 0 Å². The number of rotatable bonds is 0. The maximum Gasteiger partial charge on any atom is 0.155 e. The molecule has 0 unspecified atom stereocenters. The molecule has 2 nitrogen and oxygen atoms in total. The number of fused-ring (bicyclic) bond motifs is 3. The van der Waals surface area contributed by atoms with Crippen molar-refractivity contribution < 1.29 is 0 Å². The van der Waals surface area contributed by atoms with E-state index in [9.17, 15) is 0 Å². The lowest BCUT2D eigenvalue weighted by atomic mass is 10.1. The number of pyridine rings is 1. The Bertz CT molecular complexity index is 792. The molecule has 3 rings (SSSR count). The summed E-state index contributed by atoms with van der Waals surface area (Å²) in [5, 5.41) is 3.90. The van der Waals surface area contributed by atoms with Crippen molar-refractivity contribution in [2.24, 2.45) is 4.99 Å². The molecule has 0 saturated carbocycles. The highest BCUT2D eigenvalue weighted by molar-refractivity contribution is 6.31. The van der Waals surface area contributed by atoms with Gasteiger partial charge in [-0.05, 0) is 25.1 Å². The lowest BCUT2D eigenvalue weighted by Gasteiger charge is -2.07. The summed E-state index contributed by atoms with van der Waals surface area (Å²) in [5.74, 6) is 0. The molecule has 0 saturated heterocycles. The van der Waals surface area contributed by atoms with Gasteiger partial charge in [0.2, 0.25) is 0 Å². The molecule has 0 N–H and O–H groups in total. The summed E-state index contributed by atoms with van der Waals surface area (Å²) < 4.78 is 0. The number of benzene rings is 1. The van der Waals surface area contributed by atoms with Crippen LogP contribution in [0.4, 0.5) is 0 Å². The third kappa shape index (κ3) is 1.82. The lowest BCUT2D eigenvalue weighted by Crippen LogP contribution is -2.30. The van der Waals surface area contributed by atoms with Gasteiger partial charge in [-0.3, -0.25) is 0 Å². The SMILES string of the molecule is CC=C1CC=c2c(c(Cl)nc3ccc(Cl)cc23)=N1. The molecule has 0 spiro atoms. The van der Waals surface area contributed by atoms with Gasteiger partial charge in [0.25, 0.3) is 0 Å². The molecule has 0 fully saturated rings. The monoisotopic (exact) mass is 276 g/mol. The molecule has 90 valence electrons. The number of nitrogens with zero attached hydrogens (tertiary/aromatic N) is 2. The predicted molar refractivity (Wildman–Crippen MR) is 75.4 cm³/mol. The summed E-state index contributed by atoms with van der Waals surface area (Å²) in [5.41, 5.74) is 1.85. The van der Waals surface area contributed by atoms with Gasteiger partial charge in [-0.25, -0.2) is 9.98 Å². The van der Waals surface area contributed by atoms with Crippen LogP contribution in [0.1, 0.15) is 13.3 Å². The first-order valence-corrected chi connectivity index (χ1v) is 6.43. The molecule has 0 amide bonds. The first-order chi connectivity index (χ1) is 8.69. The Kier molecular flexibility index (Phi) is 2.84. The standard InChI is InChI=1S/C14H10Cl2N2/c1-2-9-4-5-10-11-7-8(15)3-6-12(11)18-14(16)13(10)17-9/h2-3,5-7H,4H2,1H3. The van der Waals surface area contributed by atoms with Crippen molar-refractivity contribution in [3.63, 3.8) is 0 Å². The molecule has 2 heterocycles. The molecule has 0 bridgehead atoms.